The summed E-state index contributed by atoms with van der Waals surface area (Å²) < 4.78 is 29.3. The predicted molar refractivity (Wildman–Crippen MR) is 99.3 cm³/mol. The van der Waals surface area contributed by atoms with Crippen molar-refractivity contribution in [2.75, 3.05) is 14.2 Å². The Hall–Kier alpha value is -2.99. The van der Waals surface area contributed by atoms with Crippen molar-refractivity contribution in [2.24, 2.45) is 0 Å². The van der Waals surface area contributed by atoms with Crippen molar-refractivity contribution in [3.05, 3.63) is 70.7 Å². The second kappa shape index (κ2) is 8.14. The van der Waals surface area contributed by atoms with Gasteiger partial charge in [-0.15, -0.1) is 0 Å². The second-order valence-electron chi connectivity index (χ2n) is 6.05. The average molecular weight is 369 g/mol. The molecule has 6 heteroatoms. The van der Waals surface area contributed by atoms with Crippen molar-refractivity contribution >= 4 is 16.9 Å². The molecule has 0 atom stereocenters. The lowest BCUT2D eigenvalue weighted by Gasteiger charge is -2.14. The van der Waals surface area contributed by atoms with Crippen LogP contribution in [-0.4, -0.2) is 25.2 Å². The highest BCUT2D eigenvalue weighted by Gasteiger charge is 2.20. The number of carbonyl (C=O) groups is 1. The number of pyridine rings is 1. The number of aryl methyl sites for hydroxylation is 1. The van der Waals surface area contributed by atoms with Crippen molar-refractivity contribution in [1.29, 1.82) is 0 Å². The molecule has 5 nitrogen and oxygen atoms in total. The molecule has 0 N–H and O–H groups in total. The van der Waals surface area contributed by atoms with Crippen LogP contribution in [-0.2, 0) is 22.7 Å². The Morgan fingerprint density at radius 3 is 2.59 bits per heavy atom. The van der Waals surface area contributed by atoms with E-state index in [9.17, 15) is 9.18 Å². The molecule has 3 aromatic rings. The molecule has 0 aliphatic rings. The van der Waals surface area contributed by atoms with Gasteiger partial charge in [-0.3, -0.25) is 0 Å². The smallest absolute Gasteiger partial charge is 0.340 e. The van der Waals surface area contributed by atoms with E-state index in [-0.39, 0.29) is 19.0 Å². The maximum absolute atomic E-state index is 13.8. The zero-order valence-corrected chi connectivity index (χ0v) is 15.4. The van der Waals surface area contributed by atoms with Crippen LogP contribution in [0.4, 0.5) is 4.39 Å². The van der Waals surface area contributed by atoms with Gasteiger partial charge in [0.2, 0.25) is 0 Å². The number of para-hydroxylation sites is 1. The molecule has 0 saturated carbocycles. The van der Waals surface area contributed by atoms with Crippen molar-refractivity contribution in [1.82, 2.24) is 4.98 Å². The number of carbonyl (C=O) groups excluding carboxylic acids is 1. The zero-order valence-electron chi connectivity index (χ0n) is 15.4. The highest BCUT2D eigenvalue weighted by atomic mass is 19.1. The summed E-state index contributed by atoms with van der Waals surface area (Å²) in [4.78, 5) is 17.3. The highest BCUT2D eigenvalue weighted by Crippen LogP contribution is 2.25. The molecule has 2 aromatic carbocycles. The fraction of sp³-hybridized carbons (Fsp3) is 0.238. The van der Waals surface area contributed by atoms with Crippen LogP contribution in [0.25, 0.3) is 10.9 Å². The summed E-state index contributed by atoms with van der Waals surface area (Å²) >= 11 is 0. The molecule has 1 aromatic heterocycles. The monoisotopic (exact) mass is 369 g/mol. The van der Waals surface area contributed by atoms with E-state index < -0.39 is 11.8 Å². The van der Waals surface area contributed by atoms with Gasteiger partial charge in [0.15, 0.2) is 11.6 Å². The number of aromatic nitrogens is 1. The summed E-state index contributed by atoms with van der Waals surface area (Å²) in [6.45, 7) is 1.98. The van der Waals surface area contributed by atoms with E-state index in [1.54, 1.807) is 13.2 Å². The van der Waals surface area contributed by atoms with Gasteiger partial charge in [0.25, 0.3) is 0 Å². The number of halogens is 1. The Morgan fingerprint density at radius 2 is 1.89 bits per heavy atom. The Bertz CT molecular complexity index is 987. The first-order valence-electron chi connectivity index (χ1n) is 8.41. The topological polar surface area (TPSA) is 57.7 Å². The first-order chi connectivity index (χ1) is 13.0. The van der Waals surface area contributed by atoms with Gasteiger partial charge >= 0.3 is 5.97 Å². The van der Waals surface area contributed by atoms with Gasteiger partial charge in [0.05, 0.1) is 30.5 Å². The van der Waals surface area contributed by atoms with E-state index in [1.807, 2.05) is 31.2 Å². The van der Waals surface area contributed by atoms with E-state index in [1.165, 1.54) is 19.2 Å². The lowest BCUT2D eigenvalue weighted by atomic mass is 10.0. The molecule has 0 aliphatic carbocycles. The first kappa shape index (κ1) is 18.8. The molecule has 0 amide bonds. The van der Waals surface area contributed by atoms with Crippen LogP contribution in [0, 0.1) is 12.7 Å². The lowest BCUT2D eigenvalue weighted by Crippen LogP contribution is -2.13. The molecule has 140 valence electrons. The third kappa shape index (κ3) is 3.90. The normalized spacial score (nSPS) is 10.8. The minimum absolute atomic E-state index is 0.0571. The molecule has 27 heavy (non-hydrogen) atoms. The fourth-order valence-electron chi connectivity index (χ4n) is 2.97. The molecule has 1 heterocycles. The molecular formula is C21H20FNO4. The Morgan fingerprint density at radius 1 is 1.11 bits per heavy atom. The number of nitrogens with zero attached hydrogens (tertiary/aromatic N) is 1. The lowest BCUT2D eigenvalue weighted by molar-refractivity contribution is 0.0466. The third-order valence-electron chi connectivity index (χ3n) is 4.30. The average Bonchev–Trinajstić information content (AvgIpc) is 2.67. The highest BCUT2D eigenvalue weighted by molar-refractivity contribution is 5.98. The van der Waals surface area contributed by atoms with E-state index in [0.717, 1.165) is 16.5 Å². The van der Waals surface area contributed by atoms with Crippen molar-refractivity contribution in [2.45, 2.75) is 20.1 Å². The third-order valence-corrected chi connectivity index (χ3v) is 4.30. The molecule has 0 spiro atoms. The largest absolute Gasteiger partial charge is 0.494 e. The minimum atomic E-state index is -0.519. The Kier molecular flexibility index (Phi) is 5.66. The van der Waals surface area contributed by atoms with Gasteiger partial charge in [-0.2, -0.15) is 0 Å². The van der Waals surface area contributed by atoms with Crippen LogP contribution in [0.1, 0.15) is 27.2 Å². The Balaban J connectivity index is 1.89. The van der Waals surface area contributed by atoms with Crippen LogP contribution < -0.4 is 4.74 Å². The fourth-order valence-corrected chi connectivity index (χ4v) is 2.97. The number of rotatable bonds is 6. The SMILES string of the molecule is COCc1nc2ccccc2c(C)c1C(=O)OCc1ccc(OC)c(F)c1. The number of ether oxygens (including phenoxy) is 3. The van der Waals surface area contributed by atoms with E-state index in [2.05, 4.69) is 4.98 Å². The minimum Gasteiger partial charge on any atom is -0.494 e. The van der Waals surface area contributed by atoms with Crippen molar-refractivity contribution in [3.63, 3.8) is 0 Å². The quantitative estimate of drug-likeness (QED) is 0.610. The zero-order chi connectivity index (χ0) is 19.4. The van der Waals surface area contributed by atoms with Gasteiger partial charge in [-0.05, 0) is 36.2 Å². The van der Waals surface area contributed by atoms with Gasteiger partial charge in [-0.25, -0.2) is 14.2 Å². The maximum Gasteiger partial charge on any atom is 0.340 e. The van der Waals surface area contributed by atoms with Crippen LogP contribution in [0.3, 0.4) is 0 Å². The summed E-state index contributed by atoms with van der Waals surface area (Å²) in [5.74, 6) is -0.884. The summed E-state index contributed by atoms with van der Waals surface area (Å²) in [5, 5.41) is 0.875. The van der Waals surface area contributed by atoms with E-state index in [0.29, 0.717) is 16.8 Å². The van der Waals surface area contributed by atoms with Gasteiger partial charge in [-0.1, -0.05) is 24.3 Å². The molecule has 0 radical (unpaired) electrons. The van der Waals surface area contributed by atoms with E-state index >= 15 is 0 Å². The van der Waals surface area contributed by atoms with Crippen LogP contribution in [0.15, 0.2) is 42.5 Å². The molecule has 3 rings (SSSR count). The standard InChI is InChI=1S/C21H20FNO4/c1-13-15-6-4-5-7-17(15)23-18(12-25-2)20(13)21(24)27-11-14-8-9-19(26-3)16(22)10-14/h4-10H,11-12H2,1-3H3. The summed E-state index contributed by atoms with van der Waals surface area (Å²) in [7, 11) is 2.94. The summed E-state index contributed by atoms with van der Waals surface area (Å²) in [5.41, 5.74) is 2.99. The van der Waals surface area contributed by atoms with Crippen LogP contribution in [0.2, 0.25) is 0 Å². The molecule has 0 fully saturated rings. The number of fused-ring (bicyclic) bond motifs is 1. The molecule has 0 saturated heterocycles. The van der Waals surface area contributed by atoms with E-state index in [4.69, 9.17) is 14.2 Å². The molecular weight excluding hydrogens is 349 g/mol. The summed E-state index contributed by atoms with van der Waals surface area (Å²) in [6, 6.07) is 12.0. The van der Waals surface area contributed by atoms with Crippen LogP contribution >= 0.6 is 0 Å². The Labute approximate surface area is 156 Å². The molecule has 0 unspecified atom stereocenters. The summed E-state index contributed by atoms with van der Waals surface area (Å²) in [6.07, 6.45) is 0. The van der Waals surface area contributed by atoms with Crippen molar-refractivity contribution < 1.29 is 23.4 Å². The van der Waals surface area contributed by atoms with Gasteiger partial charge < -0.3 is 14.2 Å². The number of hydrogen-bond donors (Lipinski definition) is 0. The van der Waals surface area contributed by atoms with Gasteiger partial charge in [0.1, 0.15) is 6.61 Å². The maximum atomic E-state index is 13.8. The number of methoxy groups -OCH3 is 2. The van der Waals surface area contributed by atoms with Crippen molar-refractivity contribution in [3.8, 4) is 5.75 Å². The predicted octanol–water partition coefficient (Wildman–Crippen LogP) is 4.19. The molecule has 0 aliphatic heterocycles. The van der Waals surface area contributed by atoms with Crippen LogP contribution in [0.5, 0.6) is 5.75 Å². The van der Waals surface area contributed by atoms with Gasteiger partial charge in [0, 0.05) is 12.5 Å². The first-order valence-corrected chi connectivity index (χ1v) is 8.41. The number of benzene rings is 2. The number of hydrogen-bond acceptors (Lipinski definition) is 5. The second-order valence-corrected chi connectivity index (χ2v) is 6.05. The molecule has 0 bridgehead atoms. The number of esters is 1.